The first-order valence-corrected chi connectivity index (χ1v) is 5.62. The zero-order valence-electron chi connectivity index (χ0n) is 10.7. The van der Waals surface area contributed by atoms with Gasteiger partial charge in [0.05, 0.1) is 0 Å². The summed E-state index contributed by atoms with van der Waals surface area (Å²) in [5, 5.41) is 0. The van der Waals surface area contributed by atoms with Gasteiger partial charge in [-0.3, -0.25) is 4.79 Å². The largest absolute Gasteiger partial charge is 0.399 e. The minimum absolute atomic E-state index is 0.219. The van der Waals surface area contributed by atoms with Crippen LogP contribution in [-0.2, 0) is 0 Å². The van der Waals surface area contributed by atoms with E-state index in [1.54, 1.807) is 11.9 Å². The standard InChI is InChI=1S/C13H19FN2O/c1-5-13(2,3)16(4)12(17)9-6-10(14)8-11(15)7-9/h6-8H,5,15H2,1-4H3. The van der Waals surface area contributed by atoms with Crippen LogP contribution in [0.3, 0.4) is 0 Å². The summed E-state index contributed by atoms with van der Waals surface area (Å²) in [7, 11) is 1.72. The average Bonchev–Trinajstić information content (AvgIpc) is 2.25. The third-order valence-corrected chi connectivity index (χ3v) is 3.24. The number of nitrogen functional groups attached to an aromatic ring is 1. The smallest absolute Gasteiger partial charge is 0.254 e. The molecule has 94 valence electrons. The van der Waals surface area contributed by atoms with E-state index in [-0.39, 0.29) is 22.7 Å². The van der Waals surface area contributed by atoms with Crippen molar-refractivity contribution in [2.24, 2.45) is 0 Å². The Hall–Kier alpha value is -1.58. The predicted molar refractivity (Wildman–Crippen MR) is 67.3 cm³/mol. The molecule has 0 fully saturated rings. The second-order valence-electron chi connectivity index (χ2n) is 4.80. The topological polar surface area (TPSA) is 46.3 Å². The zero-order chi connectivity index (χ0) is 13.2. The lowest BCUT2D eigenvalue weighted by Gasteiger charge is -2.35. The van der Waals surface area contributed by atoms with Crippen LogP contribution in [0.15, 0.2) is 18.2 Å². The molecule has 0 radical (unpaired) electrons. The Morgan fingerprint density at radius 3 is 2.47 bits per heavy atom. The Bertz CT molecular complexity index is 409. The van der Waals surface area contributed by atoms with E-state index >= 15 is 0 Å². The SMILES string of the molecule is CCC(C)(C)N(C)C(=O)c1cc(N)cc(F)c1. The van der Waals surface area contributed by atoms with Crippen molar-refractivity contribution in [3.8, 4) is 0 Å². The fourth-order valence-electron chi connectivity index (χ4n) is 1.44. The number of hydrogen-bond donors (Lipinski definition) is 1. The van der Waals surface area contributed by atoms with Crippen LogP contribution in [0.5, 0.6) is 0 Å². The van der Waals surface area contributed by atoms with Gasteiger partial charge in [0.25, 0.3) is 5.91 Å². The number of carbonyl (C=O) groups is 1. The summed E-state index contributed by atoms with van der Waals surface area (Å²) in [6.07, 6.45) is 0.819. The van der Waals surface area contributed by atoms with Crippen LogP contribution < -0.4 is 5.73 Å². The van der Waals surface area contributed by atoms with E-state index in [9.17, 15) is 9.18 Å². The van der Waals surface area contributed by atoms with Gasteiger partial charge in [-0.2, -0.15) is 0 Å². The van der Waals surface area contributed by atoms with Gasteiger partial charge in [0, 0.05) is 23.8 Å². The van der Waals surface area contributed by atoms with Gasteiger partial charge in [-0.05, 0) is 38.5 Å². The maximum atomic E-state index is 13.2. The van der Waals surface area contributed by atoms with Crippen LogP contribution in [0.4, 0.5) is 10.1 Å². The van der Waals surface area contributed by atoms with Crippen molar-refractivity contribution in [3.05, 3.63) is 29.6 Å². The Morgan fingerprint density at radius 2 is 2.00 bits per heavy atom. The summed E-state index contributed by atoms with van der Waals surface area (Å²) >= 11 is 0. The number of amides is 1. The van der Waals surface area contributed by atoms with Crippen molar-refractivity contribution in [3.63, 3.8) is 0 Å². The number of anilines is 1. The number of benzene rings is 1. The number of nitrogens with two attached hydrogens (primary N) is 1. The Balaban J connectivity index is 3.04. The van der Waals surface area contributed by atoms with Crippen molar-refractivity contribution in [1.82, 2.24) is 4.90 Å². The summed E-state index contributed by atoms with van der Waals surface area (Å²) in [6, 6.07) is 3.90. The van der Waals surface area contributed by atoms with Crippen molar-refractivity contribution in [2.75, 3.05) is 12.8 Å². The predicted octanol–water partition coefficient (Wildman–Crippen LogP) is 2.67. The zero-order valence-corrected chi connectivity index (χ0v) is 10.7. The molecule has 0 aromatic heterocycles. The normalized spacial score (nSPS) is 11.4. The number of halogens is 1. The van der Waals surface area contributed by atoms with Gasteiger partial charge in [-0.25, -0.2) is 4.39 Å². The molecule has 0 saturated carbocycles. The first-order valence-electron chi connectivity index (χ1n) is 5.62. The third kappa shape index (κ3) is 2.96. The van der Waals surface area contributed by atoms with Gasteiger partial charge < -0.3 is 10.6 Å². The molecule has 1 aromatic carbocycles. The van der Waals surface area contributed by atoms with Crippen LogP contribution in [0.2, 0.25) is 0 Å². The summed E-state index contributed by atoms with van der Waals surface area (Å²) in [5.74, 6) is -0.709. The van der Waals surface area contributed by atoms with Gasteiger partial charge >= 0.3 is 0 Å². The molecule has 3 nitrogen and oxygen atoms in total. The highest BCUT2D eigenvalue weighted by Gasteiger charge is 2.26. The van der Waals surface area contributed by atoms with Gasteiger partial charge in [0.1, 0.15) is 5.82 Å². The van der Waals surface area contributed by atoms with Crippen molar-refractivity contribution >= 4 is 11.6 Å². The maximum Gasteiger partial charge on any atom is 0.254 e. The van der Waals surface area contributed by atoms with Crippen LogP contribution in [-0.4, -0.2) is 23.4 Å². The summed E-state index contributed by atoms with van der Waals surface area (Å²) in [4.78, 5) is 13.8. The van der Waals surface area contributed by atoms with E-state index < -0.39 is 5.82 Å². The van der Waals surface area contributed by atoms with E-state index in [1.807, 2.05) is 20.8 Å². The maximum absolute atomic E-state index is 13.2. The van der Waals surface area contributed by atoms with Crippen molar-refractivity contribution < 1.29 is 9.18 Å². The highest BCUT2D eigenvalue weighted by Crippen LogP contribution is 2.20. The van der Waals surface area contributed by atoms with Crippen molar-refractivity contribution in [2.45, 2.75) is 32.7 Å². The highest BCUT2D eigenvalue weighted by atomic mass is 19.1. The lowest BCUT2D eigenvalue weighted by molar-refractivity contribution is 0.0620. The van der Waals surface area contributed by atoms with Crippen LogP contribution in [0.25, 0.3) is 0 Å². The quantitative estimate of drug-likeness (QED) is 0.823. The molecule has 0 atom stereocenters. The summed E-state index contributed by atoms with van der Waals surface area (Å²) in [6.45, 7) is 5.94. The fraction of sp³-hybridized carbons (Fsp3) is 0.462. The van der Waals surface area contributed by atoms with Gasteiger partial charge in [-0.15, -0.1) is 0 Å². The lowest BCUT2D eigenvalue weighted by atomic mass is 9.99. The van der Waals surface area contributed by atoms with E-state index in [0.29, 0.717) is 0 Å². The Labute approximate surface area is 101 Å². The number of hydrogen-bond acceptors (Lipinski definition) is 2. The first kappa shape index (κ1) is 13.5. The van der Waals surface area contributed by atoms with E-state index in [1.165, 1.54) is 18.2 Å². The molecule has 0 aliphatic rings. The van der Waals surface area contributed by atoms with Gasteiger partial charge in [-0.1, -0.05) is 6.92 Å². The molecule has 17 heavy (non-hydrogen) atoms. The number of nitrogens with zero attached hydrogens (tertiary/aromatic N) is 1. The van der Waals surface area contributed by atoms with Crippen LogP contribution in [0.1, 0.15) is 37.6 Å². The van der Waals surface area contributed by atoms with Crippen LogP contribution in [0, 0.1) is 5.82 Å². The fourth-order valence-corrected chi connectivity index (χ4v) is 1.44. The summed E-state index contributed by atoms with van der Waals surface area (Å²) in [5.41, 5.74) is 5.81. The molecule has 0 aliphatic heterocycles. The molecular weight excluding hydrogens is 219 g/mol. The molecule has 0 spiro atoms. The van der Waals surface area contributed by atoms with Gasteiger partial charge in [0.2, 0.25) is 0 Å². The van der Waals surface area contributed by atoms with E-state index in [4.69, 9.17) is 5.73 Å². The molecule has 0 bridgehead atoms. The highest BCUT2D eigenvalue weighted by molar-refractivity contribution is 5.95. The lowest BCUT2D eigenvalue weighted by Crippen LogP contribution is -2.44. The minimum Gasteiger partial charge on any atom is -0.399 e. The second kappa shape index (κ2) is 4.73. The molecule has 0 heterocycles. The molecular formula is C13H19FN2O. The minimum atomic E-state index is -0.490. The number of rotatable bonds is 3. The van der Waals surface area contributed by atoms with Crippen molar-refractivity contribution in [1.29, 1.82) is 0 Å². The van der Waals surface area contributed by atoms with Crippen LogP contribution >= 0.6 is 0 Å². The molecule has 0 unspecified atom stereocenters. The monoisotopic (exact) mass is 238 g/mol. The molecule has 1 amide bonds. The first-order chi connectivity index (χ1) is 7.77. The molecule has 1 rings (SSSR count). The van der Waals surface area contributed by atoms with E-state index in [0.717, 1.165) is 6.42 Å². The molecule has 0 aliphatic carbocycles. The molecule has 0 saturated heterocycles. The third-order valence-electron chi connectivity index (χ3n) is 3.24. The molecule has 4 heteroatoms. The number of carbonyl (C=O) groups excluding carboxylic acids is 1. The second-order valence-corrected chi connectivity index (χ2v) is 4.80. The average molecular weight is 238 g/mol. The van der Waals surface area contributed by atoms with Gasteiger partial charge in [0.15, 0.2) is 0 Å². The molecule has 2 N–H and O–H groups in total. The van der Waals surface area contributed by atoms with E-state index in [2.05, 4.69) is 0 Å². The Kier molecular flexibility index (Phi) is 3.76. The molecule has 1 aromatic rings. The Morgan fingerprint density at radius 1 is 1.41 bits per heavy atom. The summed E-state index contributed by atoms with van der Waals surface area (Å²) < 4.78 is 13.2.